The molecule has 0 radical (unpaired) electrons. The minimum Gasteiger partial charge on any atom is -0.364 e. The van der Waals surface area contributed by atoms with Crippen LogP contribution in [0.5, 0.6) is 0 Å². The molecule has 0 spiro atoms. The fourth-order valence-electron chi connectivity index (χ4n) is 2.20. The largest absolute Gasteiger partial charge is 0.434 e. The molecule has 2 rings (SSSR count). The van der Waals surface area contributed by atoms with Gasteiger partial charge >= 0.3 is 6.18 Å². The van der Waals surface area contributed by atoms with Gasteiger partial charge in [0.2, 0.25) is 5.91 Å². The second kappa shape index (κ2) is 6.13. The van der Waals surface area contributed by atoms with E-state index < -0.39 is 23.5 Å². The molecule has 2 atom stereocenters. The van der Waals surface area contributed by atoms with E-state index in [-0.39, 0.29) is 17.0 Å². The number of carbonyl (C=O) groups is 1. The number of rotatable bonds is 4. The number of nitrogens with zero attached hydrogens (tertiary/aromatic N) is 1. The molecule has 0 aromatic carbocycles. The average Bonchev–Trinajstić information content (AvgIpc) is 3.07. The molecule has 1 aliphatic heterocycles. The van der Waals surface area contributed by atoms with Crippen LogP contribution in [-0.2, 0) is 21.2 Å². The van der Waals surface area contributed by atoms with E-state index in [2.05, 4.69) is 10.3 Å². The van der Waals surface area contributed by atoms with Gasteiger partial charge in [-0.3, -0.25) is 4.79 Å². The minimum atomic E-state index is -4.49. The van der Waals surface area contributed by atoms with E-state index in [4.69, 9.17) is 10.5 Å². The molecule has 1 aromatic rings. The average molecular weight is 337 g/mol. The molecule has 2 heterocycles. The minimum absolute atomic E-state index is 0.143. The molecule has 0 saturated carbocycles. The number of nitrogens with two attached hydrogens (primary N) is 1. The highest BCUT2D eigenvalue weighted by Crippen LogP contribution is 2.33. The molecule has 1 aromatic heterocycles. The number of ether oxygens (including phenoxy) is 1. The summed E-state index contributed by atoms with van der Waals surface area (Å²) in [5, 5.41) is 3.84. The lowest BCUT2D eigenvalue weighted by molar-refractivity contribution is -0.140. The van der Waals surface area contributed by atoms with E-state index in [1.54, 1.807) is 13.8 Å². The Bertz CT molecular complexity index is 545. The molecule has 0 bridgehead atoms. The number of nitrogens with one attached hydrogen (secondary N) is 1. The van der Waals surface area contributed by atoms with Crippen molar-refractivity contribution < 1.29 is 22.7 Å². The van der Waals surface area contributed by atoms with Crippen LogP contribution in [-0.4, -0.2) is 29.6 Å². The molecular weight excluding hydrogens is 319 g/mol. The molecule has 1 fully saturated rings. The SMILES string of the molecule is CC(C)(NC(=O)[C@@H]1CC[C@H](CN)O1)c1nc(C(F)(F)F)cs1. The summed E-state index contributed by atoms with van der Waals surface area (Å²) in [5.74, 6) is -0.357. The third-order valence-corrected chi connectivity index (χ3v) is 4.59. The van der Waals surface area contributed by atoms with Gasteiger partial charge in [0, 0.05) is 11.9 Å². The van der Waals surface area contributed by atoms with Crippen LogP contribution in [0.1, 0.15) is 37.4 Å². The summed E-state index contributed by atoms with van der Waals surface area (Å²) in [6, 6.07) is 0. The predicted molar refractivity (Wildman–Crippen MR) is 75.2 cm³/mol. The quantitative estimate of drug-likeness (QED) is 0.881. The Morgan fingerprint density at radius 2 is 2.18 bits per heavy atom. The third kappa shape index (κ3) is 3.76. The molecule has 1 aliphatic rings. The van der Waals surface area contributed by atoms with Crippen molar-refractivity contribution in [3.05, 3.63) is 16.1 Å². The Hall–Kier alpha value is -1.19. The summed E-state index contributed by atoms with van der Waals surface area (Å²) in [5.41, 5.74) is 3.53. The zero-order chi connectivity index (χ0) is 16.5. The van der Waals surface area contributed by atoms with Crippen molar-refractivity contribution in [3.63, 3.8) is 0 Å². The number of halogens is 3. The number of thiazole rings is 1. The van der Waals surface area contributed by atoms with Crippen LogP contribution in [0.3, 0.4) is 0 Å². The van der Waals surface area contributed by atoms with Crippen LogP contribution in [0.15, 0.2) is 5.38 Å². The number of alkyl halides is 3. The van der Waals surface area contributed by atoms with Gasteiger partial charge in [0.25, 0.3) is 0 Å². The number of hydrogen-bond donors (Lipinski definition) is 2. The monoisotopic (exact) mass is 337 g/mol. The maximum absolute atomic E-state index is 12.6. The summed E-state index contributed by atoms with van der Waals surface area (Å²) in [7, 11) is 0. The fraction of sp³-hybridized carbons (Fsp3) is 0.692. The Morgan fingerprint density at radius 1 is 1.50 bits per heavy atom. The highest BCUT2D eigenvalue weighted by molar-refractivity contribution is 7.09. The fourth-order valence-corrected chi connectivity index (χ4v) is 3.11. The van der Waals surface area contributed by atoms with E-state index in [1.807, 2.05) is 0 Å². The zero-order valence-electron chi connectivity index (χ0n) is 12.2. The van der Waals surface area contributed by atoms with Gasteiger partial charge in [-0.2, -0.15) is 13.2 Å². The number of amides is 1. The number of aromatic nitrogens is 1. The van der Waals surface area contributed by atoms with Crippen LogP contribution in [0.25, 0.3) is 0 Å². The first-order valence-electron chi connectivity index (χ1n) is 6.84. The normalized spacial score (nSPS) is 22.8. The van der Waals surface area contributed by atoms with Crippen molar-refractivity contribution in [2.24, 2.45) is 5.73 Å². The number of hydrogen-bond acceptors (Lipinski definition) is 5. The lowest BCUT2D eigenvalue weighted by Crippen LogP contribution is -2.46. The maximum atomic E-state index is 12.6. The molecule has 5 nitrogen and oxygen atoms in total. The summed E-state index contributed by atoms with van der Waals surface area (Å²) in [4.78, 5) is 15.8. The van der Waals surface area contributed by atoms with Crippen molar-refractivity contribution in [3.8, 4) is 0 Å². The highest BCUT2D eigenvalue weighted by atomic mass is 32.1. The lowest BCUT2D eigenvalue weighted by atomic mass is 10.1. The van der Waals surface area contributed by atoms with Crippen molar-refractivity contribution in [2.75, 3.05) is 6.54 Å². The van der Waals surface area contributed by atoms with Crippen molar-refractivity contribution in [2.45, 2.75) is 50.6 Å². The summed E-state index contributed by atoms with van der Waals surface area (Å²) in [6.07, 6.45) is -4.00. The van der Waals surface area contributed by atoms with Gasteiger partial charge in [-0.25, -0.2) is 4.98 Å². The molecule has 0 unspecified atom stereocenters. The van der Waals surface area contributed by atoms with Gasteiger partial charge in [0.1, 0.15) is 11.1 Å². The van der Waals surface area contributed by atoms with Crippen LogP contribution in [0, 0.1) is 0 Å². The van der Waals surface area contributed by atoms with E-state index in [9.17, 15) is 18.0 Å². The summed E-state index contributed by atoms with van der Waals surface area (Å²) in [6.45, 7) is 3.56. The summed E-state index contributed by atoms with van der Waals surface area (Å²) >= 11 is 0.866. The van der Waals surface area contributed by atoms with Gasteiger partial charge in [-0.05, 0) is 26.7 Å². The Labute approximate surface area is 130 Å². The zero-order valence-corrected chi connectivity index (χ0v) is 13.1. The first-order chi connectivity index (χ1) is 10.1. The van der Waals surface area contributed by atoms with E-state index >= 15 is 0 Å². The maximum Gasteiger partial charge on any atom is 0.434 e. The van der Waals surface area contributed by atoms with Gasteiger partial charge in [-0.1, -0.05) is 0 Å². The summed E-state index contributed by atoms with van der Waals surface area (Å²) < 4.78 is 43.3. The van der Waals surface area contributed by atoms with Gasteiger partial charge in [-0.15, -0.1) is 11.3 Å². The van der Waals surface area contributed by atoms with Gasteiger partial charge in [0.15, 0.2) is 5.69 Å². The van der Waals surface area contributed by atoms with Gasteiger partial charge < -0.3 is 15.8 Å². The molecule has 1 saturated heterocycles. The molecule has 124 valence electrons. The number of carbonyl (C=O) groups excluding carboxylic acids is 1. The standard InChI is InChI=1S/C13H18F3N3O2S/c1-12(2,11-18-9(6-22-11)13(14,15)16)19-10(20)8-4-3-7(5-17)21-8/h6-8H,3-5,17H2,1-2H3,(H,19,20)/t7-,8+/m1/s1. The van der Waals surface area contributed by atoms with Crippen LogP contribution in [0.2, 0.25) is 0 Å². The Kier molecular flexibility index (Phi) is 4.78. The smallest absolute Gasteiger partial charge is 0.364 e. The van der Waals surface area contributed by atoms with Crippen molar-refractivity contribution in [1.82, 2.24) is 10.3 Å². The molecule has 0 aliphatic carbocycles. The molecule has 1 amide bonds. The second-order valence-electron chi connectivity index (χ2n) is 5.71. The highest BCUT2D eigenvalue weighted by Gasteiger charge is 2.38. The van der Waals surface area contributed by atoms with E-state index in [0.29, 0.717) is 19.4 Å². The van der Waals surface area contributed by atoms with Crippen LogP contribution < -0.4 is 11.1 Å². The molecular formula is C13H18F3N3O2S. The van der Waals surface area contributed by atoms with Crippen molar-refractivity contribution in [1.29, 1.82) is 0 Å². The van der Waals surface area contributed by atoms with E-state index in [0.717, 1.165) is 16.7 Å². The topological polar surface area (TPSA) is 77.2 Å². The van der Waals surface area contributed by atoms with Crippen LogP contribution >= 0.6 is 11.3 Å². The van der Waals surface area contributed by atoms with Gasteiger partial charge in [0.05, 0.1) is 11.6 Å². The molecule has 3 N–H and O–H groups in total. The first-order valence-corrected chi connectivity index (χ1v) is 7.72. The van der Waals surface area contributed by atoms with E-state index in [1.165, 1.54) is 0 Å². The van der Waals surface area contributed by atoms with Crippen molar-refractivity contribution >= 4 is 17.2 Å². The first kappa shape index (κ1) is 17.2. The molecule has 9 heteroatoms. The Morgan fingerprint density at radius 3 is 2.68 bits per heavy atom. The Balaban J connectivity index is 2.04. The molecule has 22 heavy (non-hydrogen) atoms. The predicted octanol–water partition coefficient (Wildman–Crippen LogP) is 2.02. The third-order valence-electron chi connectivity index (χ3n) is 3.43. The lowest BCUT2D eigenvalue weighted by Gasteiger charge is -2.25. The second-order valence-corrected chi connectivity index (χ2v) is 6.57. The van der Waals surface area contributed by atoms with Crippen LogP contribution in [0.4, 0.5) is 13.2 Å².